The number of nitrogens with one attached hydrogen (secondary N) is 2. The number of aliphatic hydroxyl groups is 1. The smallest absolute Gasteiger partial charge is 0.261 e. The molecule has 2 aromatic heterocycles. The van der Waals surface area contributed by atoms with E-state index in [0.717, 1.165) is 17.4 Å². The van der Waals surface area contributed by atoms with Crippen molar-refractivity contribution in [3.05, 3.63) is 80.1 Å². The van der Waals surface area contributed by atoms with Crippen LogP contribution in [0.25, 0.3) is 5.69 Å². The van der Waals surface area contributed by atoms with Crippen LogP contribution in [0, 0.1) is 11.7 Å². The van der Waals surface area contributed by atoms with Crippen LogP contribution in [-0.2, 0) is 4.79 Å². The molecule has 0 bridgehead atoms. The lowest BCUT2D eigenvalue weighted by atomic mass is 10.1. The number of benzene rings is 1. The molecule has 1 aromatic carbocycles. The van der Waals surface area contributed by atoms with Crippen LogP contribution in [0.4, 0.5) is 10.1 Å². The molecular weight excluding hydrogens is 457 g/mol. The standard InChI is InChI=1S/C22H19ClFN3O4S/c23-19-7-6-18(32-19)22(31)26-16-9-12(10-17(16)28)21(30)25-15-5-4-13(11-14(15)24)27-8-2-1-3-20(27)29/h1-8,11-12,16-17,28H,9-10H2,(H,25,30)(H,26,31)/t12-,16-,17-/m0/s1. The number of hydrogen-bond donors (Lipinski definition) is 3. The first kappa shape index (κ1) is 22.2. The zero-order valence-corrected chi connectivity index (χ0v) is 18.2. The Balaban J connectivity index is 1.40. The SMILES string of the molecule is O=C(N[C@H]1C[C@H](C(=O)Nc2ccc(-n3ccccc3=O)cc2F)C[C@@H]1O)c1ccc(Cl)s1. The number of nitrogens with zero attached hydrogens (tertiary/aromatic N) is 1. The zero-order chi connectivity index (χ0) is 22.8. The lowest BCUT2D eigenvalue weighted by Gasteiger charge is -2.15. The number of rotatable bonds is 5. The van der Waals surface area contributed by atoms with E-state index >= 15 is 0 Å². The van der Waals surface area contributed by atoms with Crippen LogP contribution >= 0.6 is 22.9 Å². The Morgan fingerprint density at radius 3 is 2.66 bits per heavy atom. The molecule has 2 heterocycles. The van der Waals surface area contributed by atoms with Crippen LogP contribution in [0.1, 0.15) is 22.5 Å². The predicted octanol–water partition coefficient (Wildman–Crippen LogP) is 3.20. The van der Waals surface area contributed by atoms with E-state index in [1.807, 2.05) is 0 Å². The molecule has 2 amide bonds. The van der Waals surface area contributed by atoms with Gasteiger partial charge < -0.3 is 15.7 Å². The average molecular weight is 476 g/mol. The van der Waals surface area contributed by atoms with Crippen LogP contribution in [-0.4, -0.2) is 33.6 Å². The number of aliphatic hydroxyl groups excluding tert-OH is 1. The van der Waals surface area contributed by atoms with Crippen molar-refractivity contribution < 1.29 is 19.1 Å². The minimum atomic E-state index is -0.901. The lowest BCUT2D eigenvalue weighted by Crippen LogP contribution is -2.39. The van der Waals surface area contributed by atoms with Gasteiger partial charge in [-0.3, -0.25) is 19.0 Å². The highest BCUT2D eigenvalue weighted by atomic mass is 35.5. The van der Waals surface area contributed by atoms with Crippen LogP contribution in [0.2, 0.25) is 4.34 Å². The topological polar surface area (TPSA) is 100 Å². The maximum Gasteiger partial charge on any atom is 0.261 e. The molecule has 0 saturated heterocycles. The van der Waals surface area contributed by atoms with E-state index in [1.165, 1.54) is 29.0 Å². The zero-order valence-electron chi connectivity index (χ0n) is 16.6. The number of carbonyl (C=O) groups is 2. The van der Waals surface area contributed by atoms with Gasteiger partial charge in [-0.05, 0) is 43.2 Å². The second-order valence-electron chi connectivity index (χ2n) is 7.48. The first-order chi connectivity index (χ1) is 15.3. The van der Waals surface area contributed by atoms with E-state index in [0.29, 0.717) is 14.9 Å². The van der Waals surface area contributed by atoms with Crippen molar-refractivity contribution in [2.45, 2.75) is 25.0 Å². The van der Waals surface area contributed by atoms with Crippen molar-refractivity contribution in [1.82, 2.24) is 9.88 Å². The molecule has 7 nitrogen and oxygen atoms in total. The quantitative estimate of drug-likeness (QED) is 0.527. The summed E-state index contributed by atoms with van der Waals surface area (Å²) in [6, 6.07) is 11.3. The molecule has 3 N–H and O–H groups in total. The number of pyridine rings is 1. The van der Waals surface area contributed by atoms with Gasteiger partial charge in [0.15, 0.2) is 0 Å². The molecule has 10 heteroatoms. The molecule has 3 aromatic rings. The monoisotopic (exact) mass is 475 g/mol. The fourth-order valence-electron chi connectivity index (χ4n) is 3.69. The third kappa shape index (κ3) is 4.74. The van der Waals surface area contributed by atoms with Crippen molar-refractivity contribution in [2.24, 2.45) is 5.92 Å². The van der Waals surface area contributed by atoms with E-state index in [2.05, 4.69) is 10.6 Å². The number of hydrogen-bond acceptors (Lipinski definition) is 5. The van der Waals surface area contributed by atoms with E-state index < -0.39 is 29.8 Å². The van der Waals surface area contributed by atoms with Gasteiger partial charge in [-0.2, -0.15) is 0 Å². The first-order valence-corrected chi connectivity index (χ1v) is 11.0. The summed E-state index contributed by atoms with van der Waals surface area (Å²) in [5.74, 6) is -2.11. The Kier molecular flexibility index (Phi) is 6.40. The Morgan fingerprint density at radius 1 is 1.16 bits per heavy atom. The Labute approximate surface area is 191 Å². The van der Waals surface area contributed by atoms with Crippen LogP contribution in [0.5, 0.6) is 0 Å². The number of amides is 2. The van der Waals surface area contributed by atoms with E-state index in [-0.39, 0.29) is 30.0 Å². The van der Waals surface area contributed by atoms with E-state index in [1.54, 1.807) is 24.3 Å². The number of carbonyl (C=O) groups excluding carboxylic acids is 2. The molecule has 1 aliphatic carbocycles. The fraction of sp³-hybridized carbons (Fsp3) is 0.227. The minimum absolute atomic E-state index is 0.0297. The Bertz CT molecular complexity index is 1230. The summed E-state index contributed by atoms with van der Waals surface area (Å²) in [5.41, 5.74) is -0.00156. The Morgan fingerprint density at radius 2 is 1.97 bits per heavy atom. The highest BCUT2D eigenvalue weighted by molar-refractivity contribution is 7.18. The van der Waals surface area contributed by atoms with Gasteiger partial charge in [0, 0.05) is 24.2 Å². The van der Waals surface area contributed by atoms with E-state index in [4.69, 9.17) is 11.6 Å². The largest absolute Gasteiger partial charge is 0.391 e. The van der Waals surface area contributed by atoms with Crippen LogP contribution in [0.15, 0.2) is 59.5 Å². The number of anilines is 1. The molecule has 1 fully saturated rings. The van der Waals surface area contributed by atoms with Crippen molar-refractivity contribution in [2.75, 3.05) is 5.32 Å². The molecule has 3 atom stereocenters. The second-order valence-corrected chi connectivity index (χ2v) is 9.20. The number of thiophene rings is 1. The van der Waals surface area contributed by atoms with E-state index in [9.17, 15) is 23.9 Å². The molecule has 1 aliphatic rings. The van der Waals surface area contributed by atoms with Gasteiger partial charge in [-0.15, -0.1) is 11.3 Å². The van der Waals surface area contributed by atoms with Crippen LogP contribution in [0.3, 0.4) is 0 Å². The van der Waals surface area contributed by atoms with Gasteiger partial charge in [0.1, 0.15) is 5.82 Å². The predicted molar refractivity (Wildman–Crippen MR) is 120 cm³/mol. The molecule has 0 radical (unpaired) electrons. The molecular formula is C22H19ClFN3O4S. The van der Waals surface area contributed by atoms with Crippen molar-refractivity contribution in [1.29, 1.82) is 0 Å². The molecule has 4 rings (SSSR count). The van der Waals surface area contributed by atoms with Crippen molar-refractivity contribution in [3.63, 3.8) is 0 Å². The summed E-state index contributed by atoms with van der Waals surface area (Å²) in [6.07, 6.45) is 0.980. The normalized spacial score (nSPS) is 20.2. The van der Waals surface area contributed by atoms with Gasteiger partial charge in [0.2, 0.25) is 5.91 Å². The van der Waals surface area contributed by atoms with Gasteiger partial charge in [0.25, 0.3) is 11.5 Å². The van der Waals surface area contributed by atoms with Gasteiger partial charge in [-0.25, -0.2) is 4.39 Å². The number of aromatic nitrogens is 1. The fourth-order valence-corrected chi connectivity index (χ4v) is 4.64. The highest BCUT2D eigenvalue weighted by Gasteiger charge is 2.38. The van der Waals surface area contributed by atoms with Crippen molar-refractivity contribution >= 4 is 40.4 Å². The molecule has 1 saturated carbocycles. The van der Waals surface area contributed by atoms with Gasteiger partial charge >= 0.3 is 0 Å². The number of halogens is 2. The third-order valence-electron chi connectivity index (χ3n) is 5.32. The molecule has 32 heavy (non-hydrogen) atoms. The van der Waals surface area contributed by atoms with Crippen molar-refractivity contribution in [3.8, 4) is 5.69 Å². The summed E-state index contributed by atoms with van der Waals surface area (Å²) >= 11 is 6.97. The average Bonchev–Trinajstić information content (AvgIpc) is 3.36. The first-order valence-electron chi connectivity index (χ1n) is 9.84. The summed E-state index contributed by atoms with van der Waals surface area (Å²) in [6.45, 7) is 0. The maximum atomic E-state index is 14.6. The summed E-state index contributed by atoms with van der Waals surface area (Å²) in [4.78, 5) is 37.3. The van der Waals surface area contributed by atoms with Gasteiger partial charge in [0.05, 0.1) is 32.7 Å². The second kappa shape index (κ2) is 9.23. The Hall–Kier alpha value is -3.01. The minimum Gasteiger partial charge on any atom is -0.391 e. The lowest BCUT2D eigenvalue weighted by molar-refractivity contribution is -0.119. The molecule has 0 aliphatic heterocycles. The maximum absolute atomic E-state index is 14.6. The van der Waals surface area contributed by atoms with Crippen LogP contribution < -0.4 is 16.2 Å². The van der Waals surface area contributed by atoms with Gasteiger partial charge in [-0.1, -0.05) is 17.7 Å². The summed E-state index contributed by atoms with van der Waals surface area (Å²) in [7, 11) is 0. The summed E-state index contributed by atoms with van der Waals surface area (Å²) < 4.78 is 16.3. The summed E-state index contributed by atoms with van der Waals surface area (Å²) in [5, 5.41) is 15.6. The molecule has 0 unspecified atom stereocenters. The third-order valence-corrected chi connectivity index (χ3v) is 6.55. The molecule has 0 spiro atoms. The molecule has 166 valence electrons. The highest BCUT2D eigenvalue weighted by Crippen LogP contribution is 2.29.